The van der Waals surface area contributed by atoms with Gasteiger partial charge in [0.2, 0.25) is 0 Å². The van der Waals surface area contributed by atoms with Gasteiger partial charge < -0.3 is 5.14 Å². The van der Waals surface area contributed by atoms with Crippen molar-refractivity contribution in [1.29, 1.82) is 0 Å². The molecule has 0 aromatic carbocycles. The summed E-state index contributed by atoms with van der Waals surface area (Å²) in [5.41, 5.74) is 0. The molecule has 1 fully saturated rings. The molecule has 0 aromatic heterocycles. The fourth-order valence-corrected chi connectivity index (χ4v) is 0.342. The van der Waals surface area contributed by atoms with Crippen molar-refractivity contribution in [3.63, 3.8) is 0 Å². The Labute approximate surface area is 41.8 Å². The van der Waals surface area contributed by atoms with Gasteiger partial charge in [0.1, 0.15) is 14.6 Å². The minimum atomic E-state index is 1.88. The maximum atomic E-state index is 2.89. The van der Waals surface area contributed by atoms with E-state index in [4.69, 9.17) is 0 Å². The van der Waals surface area contributed by atoms with Crippen molar-refractivity contribution in [1.82, 2.24) is 5.14 Å². The predicted octanol–water partition coefficient (Wildman–Crippen LogP) is -2.40. The van der Waals surface area contributed by atoms with Crippen molar-refractivity contribution in [3.8, 4) is 0 Å². The maximum Gasteiger partial charge on any atom is 0.130 e. The van der Waals surface area contributed by atoms with E-state index in [1.165, 1.54) is 0 Å². The van der Waals surface area contributed by atoms with Crippen LogP contribution in [0.15, 0.2) is 0 Å². The van der Waals surface area contributed by atoms with Gasteiger partial charge in [0.15, 0.2) is 0 Å². The van der Waals surface area contributed by atoms with Crippen LogP contribution in [0.4, 0.5) is 0 Å². The fraction of sp³-hybridized carbons (Fsp3) is 0. The zero-order valence-corrected chi connectivity index (χ0v) is 3.39. The van der Waals surface area contributed by atoms with Crippen LogP contribution in [0.3, 0.4) is 0 Å². The summed E-state index contributed by atoms with van der Waals surface area (Å²) in [7, 11) is 9.61. The molecule has 6 heteroatoms. The molecule has 0 unspecified atom stereocenters. The van der Waals surface area contributed by atoms with E-state index in [1.807, 2.05) is 35.8 Å². The average Bonchev–Trinajstić information content (AvgIpc) is 1.72. The predicted molar refractivity (Wildman–Crippen MR) is 31.9 cm³/mol. The molecule has 0 aromatic rings. The highest BCUT2D eigenvalue weighted by atomic mass is 14.6. The van der Waals surface area contributed by atoms with Crippen LogP contribution in [-0.4, -0.2) is 35.8 Å². The molecule has 1 rings (SSSR count). The second kappa shape index (κ2) is 2.46. The molecule has 1 saturated heterocycles. The smallest absolute Gasteiger partial charge is 0.130 e. The molecule has 0 amide bonds. The largest absolute Gasteiger partial charge is 0.421 e. The number of rotatable bonds is 0. The van der Waals surface area contributed by atoms with Crippen molar-refractivity contribution in [2.45, 2.75) is 0 Å². The van der Waals surface area contributed by atoms with Crippen LogP contribution in [0.1, 0.15) is 0 Å². The van der Waals surface area contributed by atoms with Crippen LogP contribution in [0.2, 0.25) is 0 Å². The topological polar surface area (TPSA) is 12.0 Å². The van der Waals surface area contributed by atoms with Gasteiger partial charge in [-0.15, -0.1) is 0 Å². The Morgan fingerprint density at radius 1 is 0.833 bits per heavy atom. The first-order chi connectivity index (χ1) is 3.00. The normalized spacial score (nSPS) is 17.3. The van der Waals surface area contributed by atoms with Crippen molar-refractivity contribution < 1.29 is 0 Å². The van der Waals surface area contributed by atoms with Crippen LogP contribution in [0, 0.1) is 0 Å². The lowest BCUT2D eigenvalue weighted by molar-refractivity contribution is 1.65. The van der Waals surface area contributed by atoms with Crippen LogP contribution in [0.5, 0.6) is 0 Å². The number of hydrogen-bond donors (Lipinski definition) is 1. The second-order valence-corrected chi connectivity index (χ2v) is 1.08. The molecule has 1 aliphatic heterocycles. The van der Waals surface area contributed by atoms with Gasteiger partial charge in [0.25, 0.3) is 0 Å². The highest BCUT2D eigenvalue weighted by Gasteiger charge is 2.00. The van der Waals surface area contributed by atoms with Crippen LogP contribution >= 0.6 is 0 Å². The molecule has 0 spiro atoms. The fourth-order valence-electron chi connectivity index (χ4n) is 0.342. The molecular formula is HB5N. The molecule has 6 heavy (non-hydrogen) atoms. The quantitative estimate of drug-likeness (QED) is 0.313. The van der Waals surface area contributed by atoms with E-state index in [-0.39, 0.29) is 0 Å². The maximum absolute atomic E-state index is 2.89. The summed E-state index contributed by atoms with van der Waals surface area (Å²) in [6.07, 6.45) is 0. The Morgan fingerprint density at radius 2 is 1.50 bits per heavy atom. The van der Waals surface area contributed by atoms with Gasteiger partial charge in [-0.2, -0.15) is 0 Å². The van der Waals surface area contributed by atoms with E-state index in [0.717, 1.165) is 0 Å². The van der Waals surface area contributed by atoms with Crippen molar-refractivity contribution in [3.05, 3.63) is 0 Å². The van der Waals surface area contributed by atoms with E-state index in [9.17, 15) is 0 Å². The third-order valence-corrected chi connectivity index (χ3v) is 0.607. The standard InChI is InChI=1S/B5HN/c1-2-4-6-5-3-1/h6H. The third-order valence-electron chi connectivity index (χ3n) is 0.607. The van der Waals surface area contributed by atoms with Crippen molar-refractivity contribution >= 4 is 35.8 Å². The molecule has 0 bridgehead atoms. The lowest BCUT2D eigenvalue weighted by Gasteiger charge is -2.03. The van der Waals surface area contributed by atoms with E-state index < -0.39 is 0 Å². The average molecular weight is 69.1 g/mol. The Balaban J connectivity index is 2.00. The minimum Gasteiger partial charge on any atom is -0.421 e. The third kappa shape index (κ3) is 1.17. The summed E-state index contributed by atoms with van der Waals surface area (Å²) in [6.45, 7) is 0. The Hall–Kier alpha value is 0.285. The highest BCUT2D eigenvalue weighted by Crippen LogP contribution is 1.58. The van der Waals surface area contributed by atoms with Gasteiger partial charge in [-0.05, 0) is 0 Å². The molecule has 0 aliphatic carbocycles. The van der Waals surface area contributed by atoms with Gasteiger partial charge in [-0.25, -0.2) is 0 Å². The molecule has 21 valence electrons. The zero-order valence-electron chi connectivity index (χ0n) is 3.39. The van der Waals surface area contributed by atoms with Crippen molar-refractivity contribution in [2.24, 2.45) is 0 Å². The summed E-state index contributed by atoms with van der Waals surface area (Å²) in [6, 6.07) is 0. The Kier molecular flexibility index (Phi) is 1.82. The first kappa shape index (κ1) is 4.44. The van der Waals surface area contributed by atoms with Crippen LogP contribution in [0.25, 0.3) is 0 Å². The summed E-state index contributed by atoms with van der Waals surface area (Å²) >= 11 is 0. The highest BCUT2D eigenvalue weighted by molar-refractivity contribution is 7.56. The van der Waals surface area contributed by atoms with E-state index in [2.05, 4.69) is 5.14 Å². The molecule has 1 N–H and O–H groups in total. The summed E-state index contributed by atoms with van der Waals surface area (Å²) in [4.78, 5) is 0. The Bertz CT molecular complexity index is 19.4. The number of hydrogen-bond acceptors (Lipinski definition) is 1. The first-order valence-electron chi connectivity index (χ1n) is 1.91. The lowest BCUT2D eigenvalue weighted by Crippen LogP contribution is -2.44. The zero-order chi connectivity index (χ0) is 4.24. The molecule has 1 heterocycles. The van der Waals surface area contributed by atoms with E-state index in [0.29, 0.717) is 0 Å². The minimum absolute atomic E-state index is 1.88. The van der Waals surface area contributed by atoms with E-state index >= 15 is 0 Å². The first-order valence-corrected chi connectivity index (χ1v) is 1.91. The van der Waals surface area contributed by atoms with Gasteiger partial charge in [0.05, 0.1) is 0 Å². The summed E-state index contributed by atoms with van der Waals surface area (Å²) < 4.78 is 0. The molecule has 5 radical (unpaired) electrons. The molecule has 1 nitrogen and oxygen atoms in total. The van der Waals surface area contributed by atoms with Gasteiger partial charge in [-0.1, -0.05) is 0 Å². The monoisotopic (exact) mass is 70.1 g/mol. The van der Waals surface area contributed by atoms with Gasteiger partial charge >= 0.3 is 0 Å². The lowest BCUT2D eigenvalue weighted by atomic mass is 9.00. The molecule has 1 aliphatic rings. The molecule has 0 atom stereocenters. The Morgan fingerprint density at radius 3 is 1.67 bits per heavy atom. The SMILES string of the molecule is [B]1[B][B]N[B][B]1. The van der Waals surface area contributed by atoms with E-state index in [1.54, 1.807) is 0 Å². The summed E-state index contributed by atoms with van der Waals surface area (Å²) in [5, 5.41) is 2.89. The van der Waals surface area contributed by atoms with Gasteiger partial charge in [-0.3, -0.25) is 0 Å². The molecule has 0 saturated carbocycles. The summed E-state index contributed by atoms with van der Waals surface area (Å²) in [5.74, 6) is 0. The van der Waals surface area contributed by atoms with Gasteiger partial charge in [0, 0.05) is 21.2 Å². The second-order valence-electron chi connectivity index (χ2n) is 1.08. The molecular weight excluding hydrogens is 68.1 g/mol. The number of nitrogens with one attached hydrogen (secondary N) is 1. The van der Waals surface area contributed by atoms with Crippen molar-refractivity contribution in [2.75, 3.05) is 0 Å². The van der Waals surface area contributed by atoms with Crippen LogP contribution < -0.4 is 5.14 Å². The van der Waals surface area contributed by atoms with Crippen LogP contribution in [-0.2, 0) is 0 Å².